The molecule has 0 saturated heterocycles. The molecule has 3 rings (SSSR count). The molecule has 0 aliphatic rings. The number of nitrogens with zero attached hydrogens (tertiary/aromatic N) is 1. The van der Waals surface area contributed by atoms with Gasteiger partial charge in [-0.2, -0.15) is 0 Å². The first-order chi connectivity index (χ1) is 15.6. The van der Waals surface area contributed by atoms with E-state index in [1.54, 1.807) is 0 Å². The lowest BCUT2D eigenvalue weighted by atomic mass is 10.1. The molecule has 0 fully saturated rings. The van der Waals surface area contributed by atoms with Crippen molar-refractivity contribution in [1.29, 1.82) is 0 Å². The molecular formula is C30H31NO. The van der Waals surface area contributed by atoms with E-state index in [2.05, 4.69) is 110 Å². The molecule has 0 heterocycles. The third-order valence-corrected chi connectivity index (χ3v) is 5.06. The van der Waals surface area contributed by atoms with Gasteiger partial charge in [0.1, 0.15) is 5.75 Å². The third kappa shape index (κ3) is 6.61. The van der Waals surface area contributed by atoms with Crippen molar-refractivity contribution >= 4 is 23.5 Å². The molecule has 0 aliphatic heterocycles. The van der Waals surface area contributed by atoms with Gasteiger partial charge in [-0.3, -0.25) is 0 Å². The molecular weight excluding hydrogens is 390 g/mol. The second-order valence-corrected chi connectivity index (χ2v) is 7.59. The van der Waals surface area contributed by atoms with Crippen LogP contribution in [0.25, 0.3) is 12.2 Å². The van der Waals surface area contributed by atoms with Crippen molar-refractivity contribution in [2.75, 3.05) is 11.5 Å². The fraction of sp³-hybridized carbons (Fsp3) is 0.133. The van der Waals surface area contributed by atoms with Crippen LogP contribution in [-0.4, -0.2) is 6.61 Å². The topological polar surface area (TPSA) is 12.5 Å². The summed E-state index contributed by atoms with van der Waals surface area (Å²) in [7, 11) is 0. The molecule has 2 nitrogen and oxygen atoms in total. The normalized spacial score (nSPS) is 11.8. The highest BCUT2D eigenvalue weighted by atomic mass is 16.5. The summed E-state index contributed by atoms with van der Waals surface area (Å²) in [6.45, 7) is 10.6. The fourth-order valence-electron chi connectivity index (χ4n) is 3.16. The molecule has 0 N–H and O–H groups in total. The van der Waals surface area contributed by atoms with Gasteiger partial charge in [0, 0.05) is 17.6 Å². The molecule has 32 heavy (non-hydrogen) atoms. The Morgan fingerprint density at radius 2 is 1.38 bits per heavy atom. The number of ether oxygens (including phenoxy) is 1. The maximum Gasteiger partial charge on any atom is 0.119 e. The van der Waals surface area contributed by atoms with Crippen molar-refractivity contribution in [3.63, 3.8) is 0 Å². The summed E-state index contributed by atoms with van der Waals surface area (Å²) in [6.07, 6.45) is 12.3. The molecule has 0 amide bonds. The van der Waals surface area contributed by atoms with Crippen LogP contribution < -0.4 is 9.64 Å². The van der Waals surface area contributed by atoms with Crippen LogP contribution in [0.2, 0.25) is 0 Å². The van der Waals surface area contributed by atoms with Gasteiger partial charge >= 0.3 is 0 Å². The number of hydrogen-bond acceptors (Lipinski definition) is 2. The SMILES string of the molecule is C=C/C(C)=C\C=C\N(c1ccc(C)cc1)c1ccc(/C=C/c2ccc(OCC)cc2)cc1. The Morgan fingerprint density at radius 3 is 1.91 bits per heavy atom. The van der Waals surface area contributed by atoms with E-state index in [-0.39, 0.29) is 0 Å². The van der Waals surface area contributed by atoms with Crippen molar-refractivity contribution < 1.29 is 4.74 Å². The Hall–Kier alpha value is -3.78. The molecule has 0 saturated carbocycles. The first kappa shape index (κ1) is 22.9. The molecule has 2 heteroatoms. The lowest BCUT2D eigenvalue weighted by molar-refractivity contribution is 0.340. The molecule has 162 valence electrons. The number of anilines is 2. The summed E-state index contributed by atoms with van der Waals surface area (Å²) in [5.41, 5.74) is 6.89. The van der Waals surface area contributed by atoms with Crippen LogP contribution in [-0.2, 0) is 0 Å². The molecule has 0 aliphatic carbocycles. The number of benzene rings is 3. The maximum absolute atomic E-state index is 5.51. The lowest BCUT2D eigenvalue weighted by Crippen LogP contribution is -2.08. The van der Waals surface area contributed by atoms with E-state index in [1.807, 2.05) is 32.1 Å². The van der Waals surface area contributed by atoms with E-state index >= 15 is 0 Å². The summed E-state index contributed by atoms with van der Waals surface area (Å²) in [6, 6.07) is 25.3. The minimum atomic E-state index is 0.681. The van der Waals surface area contributed by atoms with Gasteiger partial charge < -0.3 is 9.64 Å². The maximum atomic E-state index is 5.51. The second kappa shape index (κ2) is 11.6. The fourth-order valence-corrected chi connectivity index (χ4v) is 3.16. The van der Waals surface area contributed by atoms with Gasteiger partial charge in [0.25, 0.3) is 0 Å². The van der Waals surface area contributed by atoms with Crippen LogP contribution in [0.4, 0.5) is 11.4 Å². The highest BCUT2D eigenvalue weighted by Gasteiger charge is 2.06. The van der Waals surface area contributed by atoms with Crippen molar-refractivity contribution in [1.82, 2.24) is 0 Å². The summed E-state index contributed by atoms with van der Waals surface area (Å²) < 4.78 is 5.51. The standard InChI is InChI=1S/C30H31NO/c1-5-24(3)8-7-23-31(28-17-9-25(4)10-18-28)29-19-13-26(14-20-29)11-12-27-15-21-30(22-16-27)32-6-2/h5,7-23H,1,6H2,2-4H3/b12-11+,23-7+,24-8-. The van der Waals surface area contributed by atoms with Gasteiger partial charge in [0.05, 0.1) is 6.61 Å². The average molecular weight is 422 g/mol. The molecule has 0 unspecified atom stereocenters. The van der Waals surface area contributed by atoms with Crippen LogP contribution in [0, 0.1) is 6.92 Å². The Morgan fingerprint density at radius 1 is 0.844 bits per heavy atom. The van der Waals surface area contributed by atoms with Crippen LogP contribution in [0.1, 0.15) is 30.5 Å². The Bertz CT molecular complexity index is 1090. The Balaban J connectivity index is 1.80. The zero-order chi connectivity index (χ0) is 22.8. The predicted octanol–water partition coefficient (Wildman–Crippen LogP) is 8.35. The van der Waals surface area contributed by atoms with Crippen LogP contribution in [0.3, 0.4) is 0 Å². The monoisotopic (exact) mass is 421 g/mol. The zero-order valence-corrected chi connectivity index (χ0v) is 19.2. The Kier molecular flexibility index (Phi) is 8.28. The molecule has 0 radical (unpaired) electrons. The van der Waals surface area contributed by atoms with Crippen LogP contribution in [0.5, 0.6) is 5.75 Å². The van der Waals surface area contributed by atoms with Crippen molar-refractivity contribution in [2.24, 2.45) is 0 Å². The molecule has 0 atom stereocenters. The average Bonchev–Trinajstić information content (AvgIpc) is 2.83. The molecule has 0 bridgehead atoms. The van der Waals surface area contributed by atoms with E-state index in [0.29, 0.717) is 6.61 Å². The van der Waals surface area contributed by atoms with Crippen LogP contribution >= 0.6 is 0 Å². The van der Waals surface area contributed by atoms with Crippen molar-refractivity contribution in [3.8, 4) is 5.75 Å². The van der Waals surface area contributed by atoms with Crippen LogP contribution in [0.15, 0.2) is 109 Å². The van der Waals surface area contributed by atoms with E-state index in [1.165, 1.54) is 5.56 Å². The third-order valence-electron chi connectivity index (χ3n) is 5.06. The summed E-state index contributed by atoms with van der Waals surface area (Å²) in [4.78, 5) is 2.19. The number of aryl methyl sites for hydroxylation is 1. The quantitative estimate of drug-likeness (QED) is 0.254. The number of allylic oxidation sites excluding steroid dienone is 4. The minimum Gasteiger partial charge on any atom is -0.494 e. The summed E-state index contributed by atoms with van der Waals surface area (Å²) >= 11 is 0. The second-order valence-electron chi connectivity index (χ2n) is 7.59. The van der Waals surface area contributed by atoms with Crippen molar-refractivity contribution in [2.45, 2.75) is 20.8 Å². The van der Waals surface area contributed by atoms with Gasteiger partial charge in [-0.25, -0.2) is 0 Å². The van der Waals surface area contributed by atoms with Gasteiger partial charge in [-0.1, -0.05) is 78.4 Å². The largest absolute Gasteiger partial charge is 0.494 e. The predicted molar refractivity (Wildman–Crippen MR) is 139 cm³/mol. The lowest BCUT2D eigenvalue weighted by Gasteiger charge is -2.21. The first-order valence-electron chi connectivity index (χ1n) is 10.9. The summed E-state index contributed by atoms with van der Waals surface area (Å²) in [5, 5.41) is 0. The van der Waals surface area contributed by atoms with Gasteiger partial charge in [0.15, 0.2) is 0 Å². The number of rotatable bonds is 9. The molecule has 3 aromatic rings. The molecule has 0 spiro atoms. The van der Waals surface area contributed by atoms with Gasteiger partial charge in [0.2, 0.25) is 0 Å². The summed E-state index contributed by atoms with van der Waals surface area (Å²) in [5.74, 6) is 0.899. The highest BCUT2D eigenvalue weighted by molar-refractivity contribution is 5.72. The molecule has 0 aromatic heterocycles. The number of hydrogen-bond donors (Lipinski definition) is 0. The Labute approximate surface area is 192 Å². The van der Waals surface area contributed by atoms with Gasteiger partial charge in [-0.05, 0) is 74.4 Å². The molecule has 3 aromatic carbocycles. The van der Waals surface area contributed by atoms with E-state index in [4.69, 9.17) is 4.74 Å². The first-order valence-corrected chi connectivity index (χ1v) is 10.9. The smallest absolute Gasteiger partial charge is 0.119 e. The van der Waals surface area contributed by atoms with E-state index < -0.39 is 0 Å². The van der Waals surface area contributed by atoms with Gasteiger partial charge in [-0.15, -0.1) is 0 Å². The van der Waals surface area contributed by atoms with Crippen molar-refractivity contribution in [3.05, 3.63) is 126 Å². The zero-order valence-electron chi connectivity index (χ0n) is 19.2. The highest BCUT2D eigenvalue weighted by Crippen LogP contribution is 2.27. The minimum absolute atomic E-state index is 0.681. The van der Waals surface area contributed by atoms with E-state index in [0.717, 1.165) is 33.8 Å². The van der Waals surface area contributed by atoms with E-state index in [9.17, 15) is 0 Å².